The normalized spacial score (nSPS) is 9.81. The average molecular weight is 240 g/mol. The molecule has 0 saturated carbocycles. The van der Waals surface area contributed by atoms with Gasteiger partial charge in [-0.2, -0.15) is 0 Å². The average Bonchev–Trinajstić information content (AvgIpc) is 2.22. The number of nitrogens with one attached hydrogen (secondary N) is 1. The fraction of sp³-hybridized carbons (Fsp3) is 0.182. The predicted octanol–water partition coefficient (Wildman–Crippen LogP) is 1.80. The molecule has 1 aromatic carbocycles. The van der Waals surface area contributed by atoms with Gasteiger partial charge >= 0.3 is 0 Å². The topological polar surface area (TPSA) is 55.1 Å². The lowest BCUT2D eigenvalue weighted by Crippen LogP contribution is -2.24. The first-order valence-electron chi connectivity index (χ1n) is 4.68. The quantitative estimate of drug-likeness (QED) is 0.469. The molecule has 0 atom stereocenters. The van der Waals surface area contributed by atoms with E-state index in [2.05, 4.69) is 11.9 Å². The van der Waals surface area contributed by atoms with Crippen LogP contribution in [0, 0.1) is 5.82 Å². The summed E-state index contributed by atoms with van der Waals surface area (Å²) in [6.07, 6.45) is 1.60. The zero-order chi connectivity index (χ0) is 12.0. The highest BCUT2D eigenvalue weighted by Crippen LogP contribution is 2.21. The van der Waals surface area contributed by atoms with Crippen LogP contribution in [0.15, 0.2) is 35.7 Å². The molecule has 3 nitrogen and oxygen atoms in total. The Morgan fingerprint density at radius 3 is 2.94 bits per heavy atom. The third-order valence-electron chi connectivity index (χ3n) is 1.71. The number of carbonyl (C=O) groups excluding carboxylic acids is 1. The zero-order valence-corrected chi connectivity index (χ0v) is 9.52. The van der Waals surface area contributed by atoms with Crippen molar-refractivity contribution in [2.45, 2.75) is 4.90 Å². The molecule has 5 heteroatoms. The molecule has 3 N–H and O–H groups in total. The van der Waals surface area contributed by atoms with E-state index in [9.17, 15) is 9.18 Å². The number of benzene rings is 1. The summed E-state index contributed by atoms with van der Waals surface area (Å²) in [4.78, 5) is 11.9. The van der Waals surface area contributed by atoms with E-state index < -0.39 is 5.82 Å². The molecule has 0 aromatic heterocycles. The van der Waals surface area contributed by atoms with Crippen LogP contribution in [0.25, 0.3) is 0 Å². The Balaban J connectivity index is 2.47. The van der Waals surface area contributed by atoms with Crippen molar-refractivity contribution >= 4 is 23.4 Å². The van der Waals surface area contributed by atoms with Crippen molar-refractivity contribution in [1.82, 2.24) is 5.32 Å². The summed E-state index contributed by atoms with van der Waals surface area (Å²) >= 11 is 1.24. The molecule has 0 radical (unpaired) electrons. The number of hydrogen-bond donors (Lipinski definition) is 2. The van der Waals surface area contributed by atoms with Gasteiger partial charge in [0.25, 0.3) is 0 Å². The number of nitrogens with two attached hydrogens (primary N) is 1. The fourth-order valence-corrected chi connectivity index (χ4v) is 1.87. The highest BCUT2D eigenvalue weighted by Gasteiger charge is 2.03. The maximum Gasteiger partial charge on any atom is 0.230 e. The van der Waals surface area contributed by atoms with Crippen LogP contribution in [0.2, 0.25) is 0 Å². The summed E-state index contributed by atoms with van der Waals surface area (Å²) in [5.74, 6) is -0.279. The molecule has 1 amide bonds. The van der Waals surface area contributed by atoms with Gasteiger partial charge in [-0.05, 0) is 18.2 Å². The van der Waals surface area contributed by atoms with Crippen molar-refractivity contribution in [2.24, 2.45) is 0 Å². The van der Waals surface area contributed by atoms with Crippen LogP contribution in [0.4, 0.5) is 10.1 Å². The van der Waals surface area contributed by atoms with Crippen molar-refractivity contribution < 1.29 is 9.18 Å². The standard InChI is InChI=1S/C11H13FN2OS/c1-2-3-14-11(15)7-16-10-5-8(12)4-9(13)6-10/h2,4-6H,1,3,7,13H2,(H,14,15). The Hall–Kier alpha value is -1.49. The van der Waals surface area contributed by atoms with Crippen LogP contribution in [0.5, 0.6) is 0 Å². The Bertz CT molecular complexity index is 375. The zero-order valence-electron chi connectivity index (χ0n) is 8.70. The minimum absolute atomic E-state index is 0.118. The molecule has 1 aromatic rings. The second kappa shape index (κ2) is 6.17. The molecule has 1 rings (SSSR count). The summed E-state index contributed by atoms with van der Waals surface area (Å²) in [5.41, 5.74) is 5.83. The lowest BCUT2D eigenvalue weighted by molar-refractivity contribution is -0.118. The van der Waals surface area contributed by atoms with E-state index >= 15 is 0 Å². The number of carbonyl (C=O) groups is 1. The van der Waals surface area contributed by atoms with Crippen molar-refractivity contribution in [2.75, 3.05) is 18.0 Å². The molecule has 0 bridgehead atoms. The van der Waals surface area contributed by atoms with Gasteiger partial charge in [0.1, 0.15) is 5.82 Å². The van der Waals surface area contributed by atoms with Gasteiger partial charge in [0.05, 0.1) is 5.75 Å². The van der Waals surface area contributed by atoms with Crippen LogP contribution in [-0.4, -0.2) is 18.2 Å². The first-order valence-corrected chi connectivity index (χ1v) is 5.67. The smallest absolute Gasteiger partial charge is 0.230 e. The van der Waals surface area contributed by atoms with E-state index in [-0.39, 0.29) is 11.7 Å². The fourth-order valence-electron chi connectivity index (χ4n) is 1.05. The first-order chi connectivity index (χ1) is 7.61. The molecule has 0 aliphatic heterocycles. The number of nitrogen functional groups attached to an aromatic ring is 1. The summed E-state index contributed by atoms with van der Waals surface area (Å²) < 4.78 is 12.9. The Labute approximate surface area is 97.9 Å². The van der Waals surface area contributed by atoms with Crippen molar-refractivity contribution in [3.63, 3.8) is 0 Å². The van der Waals surface area contributed by atoms with E-state index in [0.29, 0.717) is 17.1 Å². The molecule has 0 aliphatic carbocycles. The van der Waals surface area contributed by atoms with Gasteiger partial charge in [0.15, 0.2) is 0 Å². The van der Waals surface area contributed by atoms with Gasteiger partial charge in [-0.15, -0.1) is 18.3 Å². The predicted molar refractivity (Wildman–Crippen MR) is 64.7 cm³/mol. The number of anilines is 1. The summed E-state index contributed by atoms with van der Waals surface area (Å²) in [7, 11) is 0. The van der Waals surface area contributed by atoms with Crippen LogP contribution >= 0.6 is 11.8 Å². The van der Waals surface area contributed by atoms with E-state index in [1.54, 1.807) is 12.1 Å². The number of thioether (sulfide) groups is 1. The number of halogens is 1. The second-order valence-corrected chi connectivity index (χ2v) is 4.15. The Morgan fingerprint density at radius 2 is 2.31 bits per heavy atom. The van der Waals surface area contributed by atoms with Gasteiger partial charge in [-0.1, -0.05) is 6.08 Å². The monoisotopic (exact) mass is 240 g/mol. The van der Waals surface area contributed by atoms with Gasteiger partial charge in [0.2, 0.25) is 5.91 Å². The Morgan fingerprint density at radius 1 is 1.56 bits per heavy atom. The maximum absolute atomic E-state index is 12.9. The van der Waals surface area contributed by atoms with E-state index in [0.717, 1.165) is 0 Å². The minimum Gasteiger partial charge on any atom is -0.399 e. The number of hydrogen-bond acceptors (Lipinski definition) is 3. The minimum atomic E-state index is -0.394. The van der Waals surface area contributed by atoms with Crippen molar-refractivity contribution in [1.29, 1.82) is 0 Å². The molecule has 86 valence electrons. The highest BCUT2D eigenvalue weighted by atomic mass is 32.2. The van der Waals surface area contributed by atoms with Crippen LogP contribution in [-0.2, 0) is 4.79 Å². The maximum atomic E-state index is 12.9. The lowest BCUT2D eigenvalue weighted by atomic mass is 10.3. The summed E-state index contributed by atoms with van der Waals surface area (Å²) in [6.45, 7) is 3.92. The largest absolute Gasteiger partial charge is 0.399 e. The summed E-state index contributed by atoms with van der Waals surface area (Å²) in [6, 6.07) is 4.22. The van der Waals surface area contributed by atoms with Gasteiger partial charge in [-0.3, -0.25) is 4.79 Å². The molecule has 0 heterocycles. The van der Waals surface area contributed by atoms with Gasteiger partial charge in [-0.25, -0.2) is 4.39 Å². The van der Waals surface area contributed by atoms with Crippen LogP contribution in [0.3, 0.4) is 0 Å². The third-order valence-corrected chi connectivity index (χ3v) is 2.68. The van der Waals surface area contributed by atoms with E-state index in [4.69, 9.17) is 5.73 Å². The molecule has 0 saturated heterocycles. The lowest BCUT2D eigenvalue weighted by Gasteiger charge is -2.03. The highest BCUT2D eigenvalue weighted by molar-refractivity contribution is 8.00. The first kappa shape index (κ1) is 12.6. The van der Waals surface area contributed by atoms with Gasteiger partial charge in [0, 0.05) is 17.1 Å². The molecular formula is C11H13FN2OS. The second-order valence-electron chi connectivity index (χ2n) is 3.10. The Kier molecular flexibility index (Phi) is 4.85. The van der Waals surface area contributed by atoms with Crippen molar-refractivity contribution in [3.8, 4) is 0 Å². The van der Waals surface area contributed by atoms with Crippen molar-refractivity contribution in [3.05, 3.63) is 36.7 Å². The number of rotatable bonds is 5. The number of amides is 1. The van der Waals surface area contributed by atoms with E-state index in [1.807, 2.05) is 0 Å². The molecule has 16 heavy (non-hydrogen) atoms. The SMILES string of the molecule is C=CCNC(=O)CSc1cc(N)cc(F)c1. The third kappa shape index (κ3) is 4.35. The molecule has 0 fully saturated rings. The van der Waals surface area contributed by atoms with Crippen LogP contribution in [0.1, 0.15) is 0 Å². The molecular weight excluding hydrogens is 227 g/mol. The summed E-state index contributed by atoms with van der Waals surface area (Å²) in [5, 5.41) is 2.63. The van der Waals surface area contributed by atoms with E-state index in [1.165, 1.54) is 23.9 Å². The molecule has 0 spiro atoms. The van der Waals surface area contributed by atoms with Gasteiger partial charge < -0.3 is 11.1 Å². The molecule has 0 unspecified atom stereocenters. The van der Waals surface area contributed by atoms with Crippen LogP contribution < -0.4 is 11.1 Å². The molecule has 0 aliphatic rings.